The zero-order valence-electron chi connectivity index (χ0n) is 14.5. The van der Waals surface area contributed by atoms with Gasteiger partial charge in [0.25, 0.3) is 0 Å². The van der Waals surface area contributed by atoms with Crippen LogP contribution in [-0.4, -0.2) is 44.4 Å². The van der Waals surface area contributed by atoms with Crippen LogP contribution in [0, 0.1) is 11.8 Å². The summed E-state index contributed by atoms with van der Waals surface area (Å²) in [6.07, 6.45) is 2.73. The summed E-state index contributed by atoms with van der Waals surface area (Å²) in [5.74, 6) is -0.274. The molecule has 2 atom stereocenters. The summed E-state index contributed by atoms with van der Waals surface area (Å²) in [6.45, 7) is 2.87. The Labute approximate surface area is 138 Å². The molecule has 1 aromatic carbocycles. The van der Waals surface area contributed by atoms with Crippen molar-refractivity contribution < 1.29 is 9.59 Å². The highest BCUT2D eigenvalue weighted by atomic mass is 16.2. The molecule has 23 heavy (non-hydrogen) atoms. The first-order valence-corrected chi connectivity index (χ1v) is 8.27. The van der Waals surface area contributed by atoms with E-state index in [1.807, 2.05) is 50.3 Å². The number of nitrogens with zero attached hydrogens (tertiary/aromatic N) is 2. The van der Waals surface area contributed by atoms with E-state index in [0.29, 0.717) is 6.42 Å². The van der Waals surface area contributed by atoms with Gasteiger partial charge in [-0.3, -0.25) is 9.59 Å². The second-order valence-corrected chi connectivity index (χ2v) is 6.49. The van der Waals surface area contributed by atoms with E-state index in [1.54, 1.807) is 4.90 Å². The molecule has 0 radical (unpaired) electrons. The average Bonchev–Trinajstić information content (AvgIpc) is 3.33. The van der Waals surface area contributed by atoms with E-state index in [-0.39, 0.29) is 23.7 Å². The van der Waals surface area contributed by atoms with Gasteiger partial charge in [0.15, 0.2) is 0 Å². The van der Waals surface area contributed by atoms with E-state index in [4.69, 9.17) is 0 Å². The van der Waals surface area contributed by atoms with Crippen LogP contribution in [0.1, 0.15) is 26.2 Å². The summed E-state index contributed by atoms with van der Waals surface area (Å²) in [7, 11) is 5.78. The van der Waals surface area contributed by atoms with Gasteiger partial charge in [-0.1, -0.05) is 13.3 Å². The first-order chi connectivity index (χ1) is 10.9. The van der Waals surface area contributed by atoms with Crippen LogP contribution in [0.5, 0.6) is 0 Å². The highest BCUT2D eigenvalue weighted by molar-refractivity contribution is 5.99. The molecule has 1 aromatic rings. The summed E-state index contributed by atoms with van der Waals surface area (Å²) in [6, 6.07) is 7.70. The Bertz CT molecular complexity index is 554. The molecular weight excluding hydrogens is 290 g/mol. The number of carbonyl (C=O) groups is 2. The zero-order chi connectivity index (χ0) is 17.0. The van der Waals surface area contributed by atoms with Crippen molar-refractivity contribution in [3.8, 4) is 0 Å². The van der Waals surface area contributed by atoms with E-state index >= 15 is 0 Å². The molecule has 5 heteroatoms. The monoisotopic (exact) mass is 317 g/mol. The maximum atomic E-state index is 12.3. The molecule has 1 N–H and O–H groups in total. The number of carbonyl (C=O) groups excluding carboxylic acids is 2. The van der Waals surface area contributed by atoms with Gasteiger partial charge in [0.05, 0.1) is 11.8 Å². The lowest BCUT2D eigenvalue weighted by Gasteiger charge is -2.16. The van der Waals surface area contributed by atoms with Crippen molar-refractivity contribution in [3.63, 3.8) is 0 Å². The van der Waals surface area contributed by atoms with Gasteiger partial charge in [0, 0.05) is 39.1 Å². The molecular formula is C18H27N3O2. The third kappa shape index (κ3) is 4.47. The average molecular weight is 317 g/mol. The SMILES string of the molecule is CCCCN(C)C(=O)C1CC1C(=O)Nc1ccc(N(C)C)cc1. The molecule has 1 saturated carbocycles. The van der Waals surface area contributed by atoms with Gasteiger partial charge in [-0.2, -0.15) is 0 Å². The maximum Gasteiger partial charge on any atom is 0.228 e. The van der Waals surface area contributed by atoms with Crippen molar-refractivity contribution in [3.05, 3.63) is 24.3 Å². The Kier molecular flexibility index (Phi) is 5.64. The van der Waals surface area contributed by atoms with Crippen molar-refractivity contribution in [1.29, 1.82) is 0 Å². The lowest BCUT2D eigenvalue weighted by molar-refractivity contribution is -0.132. The fourth-order valence-electron chi connectivity index (χ4n) is 2.62. The van der Waals surface area contributed by atoms with Gasteiger partial charge in [-0.05, 0) is 37.1 Å². The number of benzene rings is 1. The quantitative estimate of drug-likeness (QED) is 0.841. The molecule has 0 aliphatic heterocycles. The number of amides is 2. The molecule has 2 amide bonds. The van der Waals surface area contributed by atoms with Gasteiger partial charge < -0.3 is 15.1 Å². The van der Waals surface area contributed by atoms with Crippen LogP contribution in [0.2, 0.25) is 0 Å². The van der Waals surface area contributed by atoms with Gasteiger partial charge in [-0.25, -0.2) is 0 Å². The molecule has 2 rings (SSSR count). The topological polar surface area (TPSA) is 52.7 Å². The van der Waals surface area contributed by atoms with Crippen molar-refractivity contribution in [2.75, 3.05) is 37.9 Å². The minimum absolute atomic E-state index is 0.0511. The van der Waals surface area contributed by atoms with Crippen LogP contribution in [0.15, 0.2) is 24.3 Å². The third-order valence-corrected chi connectivity index (χ3v) is 4.32. The number of rotatable bonds is 7. The summed E-state index contributed by atoms with van der Waals surface area (Å²) >= 11 is 0. The molecule has 0 saturated heterocycles. The van der Waals surface area contributed by atoms with E-state index < -0.39 is 0 Å². The van der Waals surface area contributed by atoms with Crippen LogP contribution in [0.25, 0.3) is 0 Å². The van der Waals surface area contributed by atoms with Crippen LogP contribution in [0.4, 0.5) is 11.4 Å². The lowest BCUT2D eigenvalue weighted by atomic mass is 10.2. The van der Waals surface area contributed by atoms with Gasteiger partial charge in [0.1, 0.15) is 0 Å². The van der Waals surface area contributed by atoms with Crippen molar-refractivity contribution >= 4 is 23.2 Å². The first kappa shape index (κ1) is 17.3. The second kappa shape index (κ2) is 7.49. The predicted octanol–water partition coefficient (Wildman–Crippen LogP) is 2.59. The standard InChI is InChI=1S/C18H27N3O2/c1-5-6-11-21(4)18(23)16-12-15(16)17(22)19-13-7-9-14(10-8-13)20(2)3/h7-10,15-16H,5-6,11-12H2,1-4H3,(H,19,22). The number of hydrogen-bond acceptors (Lipinski definition) is 3. The summed E-state index contributed by atoms with van der Waals surface area (Å²) < 4.78 is 0. The minimum Gasteiger partial charge on any atom is -0.378 e. The van der Waals surface area contributed by atoms with E-state index in [1.165, 1.54) is 0 Å². The Morgan fingerprint density at radius 2 is 1.78 bits per heavy atom. The Morgan fingerprint density at radius 1 is 1.13 bits per heavy atom. The molecule has 2 unspecified atom stereocenters. The van der Waals surface area contributed by atoms with Gasteiger partial charge in [-0.15, -0.1) is 0 Å². The fraction of sp³-hybridized carbons (Fsp3) is 0.556. The first-order valence-electron chi connectivity index (χ1n) is 8.27. The second-order valence-electron chi connectivity index (χ2n) is 6.49. The normalized spacial score (nSPS) is 19.1. The van der Waals surface area contributed by atoms with Crippen LogP contribution < -0.4 is 10.2 Å². The molecule has 0 bridgehead atoms. The smallest absolute Gasteiger partial charge is 0.228 e. The number of unbranched alkanes of at least 4 members (excludes halogenated alkanes) is 1. The molecule has 5 nitrogen and oxygen atoms in total. The third-order valence-electron chi connectivity index (χ3n) is 4.32. The summed E-state index contributed by atoms with van der Waals surface area (Å²) in [5, 5.41) is 2.91. The summed E-state index contributed by atoms with van der Waals surface area (Å²) in [4.78, 5) is 28.3. The maximum absolute atomic E-state index is 12.3. The molecule has 0 heterocycles. The molecule has 1 aliphatic rings. The van der Waals surface area contributed by atoms with Crippen LogP contribution in [0.3, 0.4) is 0 Å². The van der Waals surface area contributed by atoms with Gasteiger partial charge >= 0.3 is 0 Å². The van der Waals surface area contributed by atoms with E-state index in [2.05, 4.69) is 12.2 Å². The largest absolute Gasteiger partial charge is 0.378 e. The minimum atomic E-state index is -0.180. The fourth-order valence-corrected chi connectivity index (χ4v) is 2.62. The van der Waals surface area contributed by atoms with Crippen molar-refractivity contribution in [2.45, 2.75) is 26.2 Å². The Morgan fingerprint density at radius 3 is 2.35 bits per heavy atom. The van der Waals surface area contributed by atoms with Crippen molar-refractivity contribution in [2.24, 2.45) is 11.8 Å². The highest BCUT2D eigenvalue weighted by Gasteiger charge is 2.48. The number of nitrogens with one attached hydrogen (secondary N) is 1. The van der Waals surface area contributed by atoms with Crippen LogP contribution in [-0.2, 0) is 9.59 Å². The Balaban J connectivity index is 1.84. The van der Waals surface area contributed by atoms with Crippen molar-refractivity contribution in [1.82, 2.24) is 4.90 Å². The molecule has 0 spiro atoms. The molecule has 1 aliphatic carbocycles. The summed E-state index contributed by atoms with van der Waals surface area (Å²) in [5.41, 5.74) is 1.86. The van der Waals surface area contributed by atoms with E-state index in [0.717, 1.165) is 30.8 Å². The molecule has 1 fully saturated rings. The lowest BCUT2D eigenvalue weighted by Crippen LogP contribution is -2.30. The zero-order valence-corrected chi connectivity index (χ0v) is 14.5. The number of hydrogen-bond donors (Lipinski definition) is 1. The number of anilines is 2. The highest BCUT2D eigenvalue weighted by Crippen LogP contribution is 2.40. The Hall–Kier alpha value is -2.04. The molecule has 0 aromatic heterocycles. The molecule has 126 valence electrons. The van der Waals surface area contributed by atoms with E-state index in [9.17, 15) is 9.59 Å². The van der Waals surface area contributed by atoms with Crippen LogP contribution >= 0.6 is 0 Å². The van der Waals surface area contributed by atoms with Gasteiger partial charge in [0.2, 0.25) is 11.8 Å². The predicted molar refractivity (Wildman–Crippen MR) is 93.5 cm³/mol.